The first-order chi connectivity index (χ1) is 12.3. The summed E-state index contributed by atoms with van der Waals surface area (Å²) < 4.78 is 33.6. The van der Waals surface area contributed by atoms with Gasteiger partial charge in [-0.1, -0.05) is 30.3 Å². The van der Waals surface area contributed by atoms with Gasteiger partial charge in [0.15, 0.2) is 0 Å². The van der Waals surface area contributed by atoms with Gasteiger partial charge < -0.3 is 4.74 Å². The maximum absolute atomic E-state index is 13.3. The van der Waals surface area contributed by atoms with E-state index in [0.717, 1.165) is 16.7 Å². The van der Waals surface area contributed by atoms with E-state index >= 15 is 0 Å². The minimum atomic E-state index is -3.63. The quantitative estimate of drug-likeness (QED) is 0.826. The number of aryl methyl sites for hydroxylation is 2. The fourth-order valence-corrected chi connectivity index (χ4v) is 5.03. The fraction of sp³-hybridized carbons (Fsp3) is 0.400. The van der Waals surface area contributed by atoms with Crippen molar-refractivity contribution in [3.05, 3.63) is 59.2 Å². The average molecular weight is 375 g/mol. The lowest BCUT2D eigenvalue weighted by Crippen LogP contribution is -2.48. The maximum Gasteiger partial charge on any atom is 0.246 e. The van der Waals surface area contributed by atoms with Crippen molar-refractivity contribution >= 4 is 10.0 Å². The van der Waals surface area contributed by atoms with E-state index in [4.69, 9.17) is 4.74 Å². The van der Waals surface area contributed by atoms with Gasteiger partial charge in [0, 0.05) is 25.7 Å². The lowest BCUT2D eigenvalue weighted by Gasteiger charge is -2.39. The molecule has 1 aliphatic heterocycles. The molecule has 2 aromatic rings. The van der Waals surface area contributed by atoms with E-state index in [-0.39, 0.29) is 10.9 Å². The highest BCUT2D eigenvalue weighted by atomic mass is 32.2. The molecule has 0 radical (unpaired) electrons. The summed E-state index contributed by atoms with van der Waals surface area (Å²) in [7, 11) is -0.0730. The van der Waals surface area contributed by atoms with Crippen molar-refractivity contribution in [2.45, 2.75) is 24.8 Å². The zero-order valence-corrected chi connectivity index (χ0v) is 16.6. The van der Waals surface area contributed by atoms with Crippen LogP contribution < -0.4 is 4.74 Å². The third kappa shape index (κ3) is 3.49. The van der Waals surface area contributed by atoms with Gasteiger partial charge in [0.2, 0.25) is 10.0 Å². The van der Waals surface area contributed by atoms with E-state index < -0.39 is 10.0 Å². The summed E-state index contributed by atoms with van der Waals surface area (Å²) in [5.41, 5.74) is 3.08. The molecule has 1 aliphatic rings. The Labute approximate surface area is 156 Å². The number of likely N-dealkylation sites (N-methyl/N-ethyl adjacent to an activating group) is 1. The normalized spacial score (nSPS) is 19.5. The van der Waals surface area contributed by atoms with Crippen LogP contribution in [-0.2, 0) is 10.0 Å². The van der Waals surface area contributed by atoms with Crippen molar-refractivity contribution in [3.8, 4) is 5.75 Å². The largest absolute Gasteiger partial charge is 0.495 e. The molecule has 5 nitrogen and oxygen atoms in total. The van der Waals surface area contributed by atoms with E-state index in [2.05, 4.69) is 4.90 Å². The summed E-state index contributed by atoms with van der Waals surface area (Å²) >= 11 is 0. The van der Waals surface area contributed by atoms with Crippen molar-refractivity contribution in [3.63, 3.8) is 0 Å². The third-order valence-corrected chi connectivity index (χ3v) is 7.08. The number of sulfonamides is 1. The summed E-state index contributed by atoms with van der Waals surface area (Å²) in [6.07, 6.45) is 0. The van der Waals surface area contributed by atoms with E-state index in [1.807, 2.05) is 51.2 Å². The standard InChI is InChI=1S/C20H26N2O3S/c1-15-12-19(25-4)20(13-16(15)2)26(23,24)22-11-10-21(3)18(14-22)17-8-6-5-7-9-17/h5-9,12-13,18H,10-11,14H2,1-4H3. The molecule has 140 valence electrons. The SMILES string of the molecule is COc1cc(C)c(C)cc1S(=O)(=O)N1CCN(C)C(c2ccccc2)C1. The molecule has 2 aromatic carbocycles. The predicted molar refractivity (Wildman–Crippen MR) is 103 cm³/mol. The number of hydrogen-bond acceptors (Lipinski definition) is 4. The highest BCUT2D eigenvalue weighted by molar-refractivity contribution is 7.89. The Balaban J connectivity index is 1.96. The molecule has 3 rings (SSSR count). The highest BCUT2D eigenvalue weighted by Crippen LogP contribution is 2.33. The number of benzene rings is 2. The maximum atomic E-state index is 13.3. The molecule has 0 bridgehead atoms. The van der Waals surface area contributed by atoms with Crippen LogP contribution >= 0.6 is 0 Å². The van der Waals surface area contributed by atoms with Gasteiger partial charge in [-0.3, -0.25) is 4.90 Å². The monoisotopic (exact) mass is 374 g/mol. The van der Waals surface area contributed by atoms with Crippen molar-refractivity contribution in [1.29, 1.82) is 0 Å². The first-order valence-corrected chi connectivity index (χ1v) is 10.2. The Morgan fingerprint density at radius 1 is 1.04 bits per heavy atom. The van der Waals surface area contributed by atoms with E-state index in [1.54, 1.807) is 16.4 Å². The van der Waals surface area contributed by atoms with Gasteiger partial charge in [0.05, 0.1) is 7.11 Å². The molecule has 0 aromatic heterocycles. The van der Waals surface area contributed by atoms with E-state index in [0.29, 0.717) is 25.4 Å². The smallest absolute Gasteiger partial charge is 0.246 e. The third-order valence-electron chi connectivity index (χ3n) is 5.19. The molecular weight excluding hydrogens is 348 g/mol. The van der Waals surface area contributed by atoms with Gasteiger partial charge in [0.1, 0.15) is 10.6 Å². The van der Waals surface area contributed by atoms with Crippen molar-refractivity contribution in [1.82, 2.24) is 9.21 Å². The van der Waals surface area contributed by atoms with Crippen LogP contribution in [-0.4, -0.2) is 51.4 Å². The predicted octanol–water partition coefficient (Wildman–Crippen LogP) is 2.99. The highest BCUT2D eigenvalue weighted by Gasteiger charge is 2.35. The second kappa shape index (κ2) is 7.39. The number of methoxy groups -OCH3 is 1. The number of piperazine rings is 1. The zero-order chi connectivity index (χ0) is 18.9. The molecule has 1 fully saturated rings. The minimum absolute atomic E-state index is 0.0391. The van der Waals surface area contributed by atoms with Crippen LogP contribution in [0.5, 0.6) is 5.75 Å². The summed E-state index contributed by atoms with van der Waals surface area (Å²) in [6.45, 7) is 5.46. The molecule has 1 saturated heterocycles. The summed E-state index contributed by atoms with van der Waals surface area (Å²) in [4.78, 5) is 2.46. The minimum Gasteiger partial charge on any atom is -0.495 e. The molecule has 6 heteroatoms. The van der Waals surface area contributed by atoms with Gasteiger partial charge in [-0.05, 0) is 49.7 Å². The number of hydrogen-bond donors (Lipinski definition) is 0. The van der Waals surface area contributed by atoms with Gasteiger partial charge in [-0.2, -0.15) is 4.31 Å². The Morgan fingerprint density at radius 2 is 1.69 bits per heavy atom. The zero-order valence-electron chi connectivity index (χ0n) is 15.8. The molecule has 0 aliphatic carbocycles. The molecule has 1 heterocycles. The summed E-state index contributed by atoms with van der Waals surface area (Å²) in [5.74, 6) is 0.406. The number of ether oxygens (including phenoxy) is 1. The number of rotatable bonds is 4. The van der Waals surface area contributed by atoms with Crippen molar-refractivity contribution < 1.29 is 13.2 Å². The van der Waals surface area contributed by atoms with Crippen LogP contribution in [0.1, 0.15) is 22.7 Å². The lowest BCUT2D eigenvalue weighted by atomic mass is 10.0. The Morgan fingerprint density at radius 3 is 2.35 bits per heavy atom. The molecule has 1 unspecified atom stereocenters. The van der Waals surface area contributed by atoms with Crippen molar-refractivity contribution in [2.24, 2.45) is 0 Å². The van der Waals surface area contributed by atoms with Crippen LogP contribution in [0.15, 0.2) is 47.4 Å². The molecule has 0 N–H and O–H groups in total. The topological polar surface area (TPSA) is 49.9 Å². The Bertz CT molecular complexity index is 881. The van der Waals surface area contributed by atoms with Gasteiger partial charge in [-0.25, -0.2) is 8.42 Å². The lowest BCUT2D eigenvalue weighted by molar-refractivity contribution is 0.148. The fourth-order valence-electron chi connectivity index (χ4n) is 3.37. The molecule has 1 atom stereocenters. The Kier molecular flexibility index (Phi) is 5.37. The van der Waals surface area contributed by atoms with E-state index in [1.165, 1.54) is 7.11 Å². The van der Waals surface area contributed by atoms with Crippen LogP contribution in [0.2, 0.25) is 0 Å². The molecule has 0 saturated carbocycles. The summed E-state index contributed by atoms with van der Waals surface area (Å²) in [6, 6.07) is 13.6. The molecule has 0 spiro atoms. The Hall–Kier alpha value is -1.89. The first kappa shape index (κ1) is 18.9. The second-order valence-corrected chi connectivity index (χ2v) is 8.76. The van der Waals surface area contributed by atoms with Gasteiger partial charge in [-0.15, -0.1) is 0 Å². The summed E-state index contributed by atoms with van der Waals surface area (Å²) in [5, 5.41) is 0. The van der Waals surface area contributed by atoms with Crippen LogP contribution in [0.4, 0.5) is 0 Å². The van der Waals surface area contributed by atoms with Crippen LogP contribution in [0.3, 0.4) is 0 Å². The van der Waals surface area contributed by atoms with Crippen LogP contribution in [0, 0.1) is 13.8 Å². The molecule has 0 amide bonds. The second-order valence-electron chi connectivity index (χ2n) is 6.86. The van der Waals surface area contributed by atoms with Crippen molar-refractivity contribution in [2.75, 3.05) is 33.8 Å². The van der Waals surface area contributed by atoms with Gasteiger partial charge >= 0.3 is 0 Å². The van der Waals surface area contributed by atoms with Crippen LogP contribution in [0.25, 0.3) is 0 Å². The number of nitrogens with zero attached hydrogens (tertiary/aromatic N) is 2. The first-order valence-electron chi connectivity index (χ1n) is 8.75. The van der Waals surface area contributed by atoms with Gasteiger partial charge in [0.25, 0.3) is 0 Å². The molecule has 26 heavy (non-hydrogen) atoms. The molecular formula is C20H26N2O3S. The van der Waals surface area contributed by atoms with E-state index in [9.17, 15) is 8.42 Å². The average Bonchev–Trinajstić information content (AvgIpc) is 2.64.